The van der Waals surface area contributed by atoms with Gasteiger partial charge in [-0.3, -0.25) is 10.1 Å². The number of hydrogen-bond acceptors (Lipinski definition) is 7. The third-order valence-corrected chi connectivity index (χ3v) is 2.89. The molecule has 1 aromatic rings. The molecule has 0 aliphatic rings. The average Bonchev–Trinajstić information content (AvgIpc) is 2.53. The molecule has 0 aromatic heterocycles. The largest absolute Gasteiger partial charge is 0.396 e. The van der Waals surface area contributed by atoms with Crippen LogP contribution in [0.5, 0.6) is 0 Å². The predicted octanol–water partition coefficient (Wildman–Crippen LogP) is 1.83. The Hall–Kier alpha value is -3.83. The quantitative estimate of drug-likeness (QED) is 0.386. The first kappa shape index (κ1) is 17.2. The fourth-order valence-corrected chi connectivity index (χ4v) is 1.77. The zero-order valence-corrected chi connectivity index (χ0v) is 12.4. The third kappa shape index (κ3) is 3.84. The summed E-state index contributed by atoms with van der Waals surface area (Å²) in [6, 6.07) is 9.37. The predicted molar refractivity (Wildman–Crippen MR) is 83.5 cm³/mol. The van der Waals surface area contributed by atoms with Crippen LogP contribution in [-0.2, 0) is 0 Å². The Morgan fingerprint density at radius 2 is 1.87 bits per heavy atom. The number of nitrogens with two attached hydrogens (primary N) is 1. The number of nitro benzene ring substituents is 1. The van der Waals surface area contributed by atoms with E-state index in [1.54, 1.807) is 43.3 Å². The average molecular weight is 308 g/mol. The highest BCUT2D eigenvalue weighted by Crippen LogP contribution is 2.28. The van der Waals surface area contributed by atoms with E-state index >= 15 is 0 Å². The first-order valence-electron chi connectivity index (χ1n) is 6.23. The summed E-state index contributed by atoms with van der Waals surface area (Å²) >= 11 is 0. The van der Waals surface area contributed by atoms with Gasteiger partial charge in [-0.25, -0.2) is 0 Å². The maximum atomic E-state index is 11.1. The van der Waals surface area contributed by atoms with Crippen LogP contribution in [-0.4, -0.2) is 19.0 Å². The van der Waals surface area contributed by atoms with Crippen LogP contribution < -0.4 is 10.6 Å². The van der Waals surface area contributed by atoms with Gasteiger partial charge in [-0.2, -0.15) is 15.8 Å². The highest BCUT2D eigenvalue weighted by Gasteiger charge is 2.16. The molecule has 0 atom stereocenters. The highest BCUT2D eigenvalue weighted by molar-refractivity contribution is 5.72. The van der Waals surface area contributed by atoms with E-state index in [-0.39, 0.29) is 17.0 Å². The molecule has 8 nitrogen and oxygen atoms in total. The van der Waals surface area contributed by atoms with Gasteiger partial charge in [0.15, 0.2) is 5.57 Å². The van der Waals surface area contributed by atoms with Gasteiger partial charge in [0.05, 0.1) is 16.2 Å². The van der Waals surface area contributed by atoms with Crippen LogP contribution in [0.25, 0.3) is 6.08 Å². The summed E-state index contributed by atoms with van der Waals surface area (Å²) in [5.41, 5.74) is 5.48. The Balaban J connectivity index is 3.49. The Kier molecular flexibility index (Phi) is 5.43. The molecule has 0 amide bonds. The molecule has 0 aliphatic carbocycles. The number of nitriles is 3. The molecule has 0 radical (unpaired) electrons. The van der Waals surface area contributed by atoms with Crippen molar-refractivity contribution in [1.82, 2.24) is 0 Å². The molecular weight excluding hydrogens is 296 g/mol. The van der Waals surface area contributed by atoms with Crippen LogP contribution in [0.4, 0.5) is 11.4 Å². The summed E-state index contributed by atoms with van der Waals surface area (Å²) in [5, 5.41) is 37.8. The molecular formula is C15H12N6O2. The normalized spacial score (nSPS) is 9.96. The van der Waals surface area contributed by atoms with E-state index in [1.807, 2.05) is 0 Å². The van der Waals surface area contributed by atoms with Gasteiger partial charge in [0.2, 0.25) is 0 Å². The molecule has 8 heteroatoms. The molecule has 0 heterocycles. The van der Waals surface area contributed by atoms with Gasteiger partial charge >= 0.3 is 0 Å². The van der Waals surface area contributed by atoms with Crippen LogP contribution in [0.2, 0.25) is 0 Å². The maximum Gasteiger partial charge on any atom is 0.293 e. The Morgan fingerprint density at radius 1 is 1.26 bits per heavy atom. The van der Waals surface area contributed by atoms with Crippen molar-refractivity contribution < 1.29 is 4.92 Å². The van der Waals surface area contributed by atoms with Crippen molar-refractivity contribution in [2.45, 2.75) is 0 Å². The van der Waals surface area contributed by atoms with E-state index in [2.05, 4.69) is 0 Å². The van der Waals surface area contributed by atoms with Crippen molar-refractivity contribution in [2.75, 3.05) is 19.0 Å². The lowest BCUT2D eigenvalue weighted by molar-refractivity contribution is -0.384. The fourth-order valence-electron chi connectivity index (χ4n) is 1.77. The zero-order valence-electron chi connectivity index (χ0n) is 12.4. The van der Waals surface area contributed by atoms with Gasteiger partial charge < -0.3 is 10.6 Å². The van der Waals surface area contributed by atoms with Crippen LogP contribution in [0.15, 0.2) is 35.0 Å². The topological polar surface area (TPSA) is 144 Å². The summed E-state index contributed by atoms with van der Waals surface area (Å²) in [7, 11) is 3.34. The van der Waals surface area contributed by atoms with Crippen LogP contribution >= 0.6 is 0 Å². The van der Waals surface area contributed by atoms with Crippen LogP contribution in [0, 0.1) is 44.1 Å². The zero-order chi connectivity index (χ0) is 17.6. The van der Waals surface area contributed by atoms with Gasteiger partial charge in [-0.05, 0) is 17.7 Å². The van der Waals surface area contributed by atoms with Crippen molar-refractivity contribution in [3.63, 3.8) is 0 Å². The van der Waals surface area contributed by atoms with Crippen LogP contribution in [0.3, 0.4) is 0 Å². The fraction of sp³-hybridized carbons (Fsp3) is 0.133. The number of nitrogens with zero attached hydrogens (tertiary/aromatic N) is 5. The highest BCUT2D eigenvalue weighted by atomic mass is 16.6. The Labute approximate surface area is 132 Å². The van der Waals surface area contributed by atoms with Gasteiger partial charge in [0.25, 0.3) is 5.69 Å². The molecule has 0 unspecified atom stereocenters. The molecule has 23 heavy (non-hydrogen) atoms. The van der Waals surface area contributed by atoms with E-state index in [0.717, 1.165) is 0 Å². The van der Waals surface area contributed by atoms with Gasteiger partial charge in [0.1, 0.15) is 23.9 Å². The summed E-state index contributed by atoms with van der Waals surface area (Å²) in [6.07, 6.45) is 1.29. The Bertz CT molecular complexity index is 815. The first-order valence-corrected chi connectivity index (χ1v) is 6.23. The second-order valence-corrected chi connectivity index (χ2v) is 4.58. The lowest BCUT2D eigenvalue weighted by Crippen LogP contribution is -2.11. The number of allylic oxidation sites excluding steroid dienone is 2. The summed E-state index contributed by atoms with van der Waals surface area (Å²) < 4.78 is 0. The van der Waals surface area contributed by atoms with Gasteiger partial charge in [-0.15, -0.1) is 0 Å². The SMILES string of the molecule is CN(C)c1ccc(C=C(C#N)C(N)=C(C#N)C#N)cc1[N+](=O)[O-]. The van der Waals surface area contributed by atoms with Gasteiger partial charge in [0, 0.05) is 20.2 Å². The van der Waals surface area contributed by atoms with E-state index in [0.29, 0.717) is 11.3 Å². The molecule has 0 aliphatic heterocycles. The summed E-state index contributed by atoms with van der Waals surface area (Å²) in [4.78, 5) is 12.2. The minimum Gasteiger partial charge on any atom is -0.396 e. The molecule has 114 valence electrons. The van der Waals surface area contributed by atoms with Crippen molar-refractivity contribution in [2.24, 2.45) is 5.73 Å². The molecule has 0 saturated carbocycles. The van der Waals surface area contributed by atoms with Gasteiger partial charge in [-0.1, -0.05) is 6.07 Å². The molecule has 0 bridgehead atoms. The van der Waals surface area contributed by atoms with E-state index in [1.165, 1.54) is 18.2 Å². The molecule has 0 spiro atoms. The third-order valence-electron chi connectivity index (χ3n) is 2.89. The van der Waals surface area contributed by atoms with Crippen molar-refractivity contribution in [3.8, 4) is 18.2 Å². The molecule has 0 fully saturated rings. The second-order valence-electron chi connectivity index (χ2n) is 4.58. The Morgan fingerprint density at radius 3 is 2.30 bits per heavy atom. The monoisotopic (exact) mass is 308 g/mol. The molecule has 2 N–H and O–H groups in total. The minimum atomic E-state index is -0.534. The number of hydrogen-bond donors (Lipinski definition) is 1. The number of benzene rings is 1. The lowest BCUT2D eigenvalue weighted by Gasteiger charge is -2.12. The van der Waals surface area contributed by atoms with Crippen LogP contribution in [0.1, 0.15) is 5.56 Å². The van der Waals surface area contributed by atoms with E-state index in [4.69, 9.17) is 21.5 Å². The second kappa shape index (κ2) is 7.26. The number of anilines is 1. The summed E-state index contributed by atoms with van der Waals surface area (Å²) in [5.74, 6) is 0. The minimum absolute atomic E-state index is 0.116. The molecule has 1 aromatic carbocycles. The van der Waals surface area contributed by atoms with Crippen molar-refractivity contribution in [1.29, 1.82) is 15.8 Å². The standard InChI is InChI=1S/C15H12N6O2/c1-20(2)13-4-3-10(6-14(13)21(22)23)5-11(7-16)15(19)12(8-17)9-18/h3-6H,19H2,1-2H3. The van der Waals surface area contributed by atoms with Crippen molar-refractivity contribution in [3.05, 3.63) is 50.7 Å². The lowest BCUT2D eigenvalue weighted by atomic mass is 10.0. The van der Waals surface area contributed by atoms with Crippen molar-refractivity contribution >= 4 is 17.5 Å². The number of nitro groups is 1. The first-order chi connectivity index (χ1) is 10.8. The molecule has 1 rings (SSSR count). The smallest absolute Gasteiger partial charge is 0.293 e. The summed E-state index contributed by atoms with van der Waals surface area (Å²) in [6.45, 7) is 0. The number of rotatable bonds is 4. The van der Waals surface area contributed by atoms with E-state index in [9.17, 15) is 10.1 Å². The molecule has 0 saturated heterocycles. The maximum absolute atomic E-state index is 11.1. The van der Waals surface area contributed by atoms with E-state index < -0.39 is 10.5 Å².